The molecule has 16 heavy (non-hydrogen) atoms. The largest absolute Gasteiger partial charge is 0.375 e. The van der Waals surface area contributed by atoms with Gasteiger partial charge in [-0.2, -0.15) is 0 Å². The molecular weight excluding hydrogens is 204 g/mol. The average molecular weight is 226 g/mol. The van der Waals surface area contributed by atoms with Gasteiger partial charge in [-0.1, -0.05) is 6.42 Å². The average Bonchev–Trinajstić information content (AvgIpc) is 2.23. The molecule has 2 rings (SSSR count). The van der Waals surface area contributed by atoms with E-state index >= 15 is 0 Å². The van der Waals surface area contributed by atoms with Crippen molar-refractivity contribution in [1.29, 1.82) is 0 Å². The van der Waals surface area contributed by atoms with Crippen LogP contribution < -0.4 is 5.73 Å². The number of morpholine rings is 1. The van der Waals surface area contributed by atoms with Crippen molar-refractivity contribution in [2.24, 2.45) is 11.1 Å². The van der Waals surface area contributed by atoms with Crippen LogP contribution in [-0.2, 0) is 9.53 Å². The number of carbonyl (C=O) groups excluding carboxylic acids is 1. The van der Waals surface area contributed by atoms with E-state index in [4.69, 9.17) is 10.5 Å². The van der Waals surface area contributed by atoms with Gasteiger partial charge in [0.25, 0.3) is 0 Å². The summed E-state index contributed by atoms with van der Waals surface area (Å²) < 4.78 is 5.44. The summed E-state index contributed by atoms with van der Waals surface area (Å²) in [5.41, 5.74) is 5.90. The quantitative estimate of drug-likeness (QED) is 0.772. The minimum absolute atomic E-state index is 0.124. The van der Waals surface area contributed by atoms with Crippen molar-refractivity contribution in [3.63, 3.8) is 0 Å². The summed E-state index contributed by atoms with van der Waals surface area (Å²) in [5, 5.41) is 0. The Morgan fingerprint density at radius 1 is 1.56 bits per heavy atom. The van der Waals surface area contributed by atoms with Crippen LogP contribution in [0.25, 0.3) is 0 Å². The van der Waals surface area contributed by atoms with Crippen LogP contribution in [0.2, 0.25) is 0 Å². The number of nitrogens with two attached hydrogens (primary N) is 1. The lowest BCUT2D eigenvalue weighted by atomic mass is 9.66. The van der Waals surface area contributed by atoms with Crippen LogP contribution in [0.1, 0.15) is 32.6 Å². The highest BCUT2D eigenvalue weighted by Gasteiger charge is 2.39. The fourth-order valence-corrected chi connectivity index (χ4v) is 2.61. The maximum absolute atomic E-state index is 12.1. The fourth-order valence-electron chi connectivity index (χ4n) is 2.61. The molecule has 4 heteroatoms. The first-order valence-corrected chi connectivity index (χ1v) is 6.25. The standard InChI is InChI=1S/C12H22N2O2/c1-10-8-14(5-6-16-10)11(15)7-12(9-13)3-2-4-12/h10H,2-9,13H2,1H3. The number of rotatable bonds is 3. The molecule has 0 aromatic carbocycles. The molecule has 1 unspecified atom stereocenters. The smallest absolute Gasteiger partial charge is 0.223 e. The molecule has 4 nitrogen and oxygen atoms in total. The van der Waals surface area contributed by atoms with E-state index in [-0.39, 0.29) is 17.4 Å². The molecule has 0 aromatic rings. The van der Waals surface area contributed by atoms with Gasteiger partial charge in [0, 0.05) is 19.5 Å². The number of amides is 1. The molecule has 2 fully saturated rings. The van der Waals surface area contributed by atoms with Crippen molar-refractivity contribution < 1.29 is 9.53 Å². The van der Waals surface area contributed by atoms with Crippen molar-refractivity contribution in [2.75, 3.05) is 26.2 Å². The van der Waals surface area contributed by atoms with Gasteiger partial charge < -0.3 is 15.4 Å². The van der Waals surface area contributed by atoms with E-state index in [0.29, 0.717) is 19.6 Å². The Bertz CT molecular complexity index is 258. The molecule has 1 atom stereocenters. The van der Waals surface area contributed by atoms with Crippen LogP contribution in [0.4, 0.5) is 0 Å². The highest BCUT2D eigenvalue weighted by Crippen LogP contribution is 2.43. The van der Waals surface area contributed by atoms with Crippen LogP contribution in [0.5, 0.6) is 0 Å². The Morgan fingerprint density at radius 3 is 2.81 bits per heavy atom. The van der Waals surface area contributed by atoms with Crippen LogP contribution in [0.15, 0.2) is 0 Å². The van der Waals surface area contributed by atoms with Crippen molar-refractivity contribution in [2.45, 2.75) is 38.7 Å². The molecule has 1 saturated carbocycles. The van der Waals surface area contributed by atoms with Gasteiger partial charge in [0.05, 0.1) is 12.7 Å². The topological polar surface area (TPSA) is 55.6 Å². The molecule has 1 heterocycles. The fraction of sp³-hybridized carbons (Fsp3) is 0.917. The molecule has 2 N–H and O–H groups in total. The van der Waals surface area contributed by atoms with Gasteiger partial charge in [0.1, 0.15) is 0 Å². The molecule has 0 bridgehead atoms. The second-order valence-electron chi connectivity index (χ2n) is 5.26. The zero-order chi connectivity index (χ0) is 11.6. The van der Waals surface area contributed by atoms with E-state index in [2.05, 4.69) is 0 Å². The lowest BCUT2D eigenvalue weighted by molar-refractivity contribution is -0.142. The summed E-state index contributed by atoms with van der Waals surface area (Å²) in [4.78, 5) is 14.1. The lowest BCUT2D eigenvalue weighted by Crippen LogP contribution is -2.48. The third-order valence-corrected chi connectivity index (χ3v) is 3.97. The van der Waals surface area contributed by atoms with Crippen LogP contribution in [0.3, 0.4) is 0 Å². The van der Waals surface area contributed by atoms with Gasteiger partial charge in [-0.3, -0.25) is 4.79 Å². The molecule has 1 aliphatic heterocycles. The van der Waals surface area contributed by atoms with Gasteiger partial charge in [-0.05, 0) is 31.7 Å². The number of hydrogen-bond donors (Lipinski definition) is 1. The summed E-state index contributed by atoms with van der Waals surface area (Å²) in [6.45, 7) is 4.81. The highest BCUT2D eigenvalue weighted by molar-refractivity contribution is 5.77. The van der Waals surface area contributed by atoms with Crippen LogP contribution in [-0.4, -0.2) is 43.2 Å². The third-order valence-electron chi connectivity index (χ3n) is 3.97. The predicted octanol–water partition coefficient (Wildman–Crippen LogP) is 0.753. The van der Waals surface area contributed by atoms with Gasteiger partial charge in [0.15, 0.2) is 0 Å². The second-order valence-corrected chi connectivity index (χ2v) is 5.26. The molecule has 0 spiro atoms. The van der Waals surface area contributed by atoms with Crippen LogP contribution in [0, 0.1) is 5.41 Å². The lowest BCUT2D eigenvalue weighted by Gasteiger charge is -2.42. The molecule has 1 saturated heterocycles. The maximum atomic E-state index is 12.1. The van der Waals surface area contributed by atoms with E-state index in [9.17, 15) is 4.79 Å². The second kappa shape index (κ2) is 4.72. The van der Waals surface area contributed by atoms with Gasteiger partial charge in [-0.15, -0.1) is 0 Å². The monoisotopic (exact) mass is 226 g/mol. The first kappa shape index (κ1) is 11.9. The molecule has 1 amide bonds. The van der Waals surface area contributed by atoms with Crippen molar-refractivity contribution in [3.8, 4) is 0 Å². The first-order chi connectivity index (χ1) is 7.65. The maximum Gasteiger partial charge on any atom is 0.223 e. The first-order valence-electron chi connectivity index (χ1n) is 6.25. The summed E-state index contributed by atoms with van der Waals surface area (Å²) in [6, 6.07) is 0. The number of nitrogens with zero attached hydrogens (tertiary/aromatic N) is 1. The van der Waals surface area contributed by atoms with Crippen molar-refractivity contribution in [3.05, 3.63) is 0 Å². The minimum atomic E-state index is 0.124. The van der Waals surface area contributed by atoms with E-state index in [0.717, 1.165) is 25.9 Å². The molecule has 92 valence electrons. The summed E-state index contributed by atoms with van der Waals surface area (Å²) in [6.07, 6.45) is 4.28. The van der Waals surface area contributed by atoms with E-state index in [1.54, 1.807) is 0 Å². The Balaban J connectivity index is 1.87. The normalized spacial score (nSPS) is 28.6. The number of ether oxygens (including phenoxy) is 1. The summed E-state index contributed by atoms with van der Waals surface area (Å²) >= 11 is 0. The molecule has 1 aliphatic carbocycles. The zero-order valence-corrected chi connectivity index (χ0v) is 10.1. The summed E-state index contributed by atoms with van der Waals surface area (Å²) in [5.74, 6) is 0.264. The Kier molecular flexibility index (Phi) is 3.50. The summed E-state index contributed by atoms with van der Waals surface area (Å²) in [7, 11) is 0. The Hall–Kier alpha value is -0.610. The third kappa shape index (κ3) is 2.38. The van der Waals surface area contributed by atoms with E-state index in [1.807, 2.05) is 11.8 Å². The molecular formula is C12H22N2O2. The SMILES string of the molecule is CC1CN(C(=O)CC2(CN)CCC2)CCO1. The van der Waals surface area contributed by atoms with Gasteiger partial charge >= 0.3 is 0 Å². The van der Waals surface area contributed by atoms with Crippen molar-refractivity contribution in [1.82, 2.24) is 4.90 Å². The number of hydrogen-bond acceptors (Lipinski definition) is 3. The molecule has 0 radical (unpaired) electrons. The van der Waals surface area contributed by atoms with E-state index in [1.165, 1.54) is 6.42 Å². The zero-order valence-electron chi connectivity index (χ0n) is 10.1. The van der Waals surface area contributed by atoms with Crippen LogP contribution >= 0.6 is 0 Å². The molecule has 2 aliphatic rings. The van der Waals surface area contributed by atoms with Gasteiger partial charge in [0.2, 0.25) is 5.91 Å². The van der Waals surface area contributed by atoms with Crippen molar-refractivity contribution >= 4 is 5.91 Å². The Morgan fingerprint density at radius 2 is 2.31 bits per heavy atom. The minimum Gasteiger partial charge on any atom is -0.375 e. The van der Waals surface area contributed by atoms with E-state index < -0.39 is 0 Å². The van der Waals surface area contributed by atoms with Gasteiger partial charge in [-0.25, -0.2) is 0 Å². The molecule has 0 aromatic heterocycles. The Labute approximate surface area is 97.1 Å². The number of carbonyl (C=O) groups is 1. The highest BCUT2D eigenvalue weighted by atomic mass is 16.5. The predicted molar refractivity (Wildman–Crippen MR) is 61.9 cm³/mol.